The average molecular weight is 670 g/mol. The Morgan fingerprint density at radius 3 is 1.69 bits per heavy atom. The first-order valence-electron chi connectivity index (χ1n) is 17.6. The Morgan fingerprint density at radius 2 is 1.04 bits per heavy atom. The molecule has 0 fully saturated rings. The maximum Gasteiger partial charge on any atom is 0.0562 e. The third kappa shape index (κ3) is 5.89. The second-order valence-corrected chi connectivity index (χ2v) is 12.9. The number of fused-ring (bicyclic) bond motifs is 4. The highest BCUT2D eigenvalue weighted by Crippen LogP contribution is 2.38. The van der Waals surface area contributed by atoms with Crippen LogP contribution in [-0.2, 0) is 0 Å². The molecule has 2 aromatic heterocycles. The lowest BCUT2D eigenvalue weighted by Gasteiger charge is -2.10. The number of para-hydroxylation sites is 3. The van der Waals surface area contributed by atoms with E-state index in [1.807, 2.05) is 42.5 Å². The molecule has 3 heteroatoms. The number of nitrogen functional groups attached to an aromatic ring is 1. The SMILES string of the molecule is C=c1/c(=C\C=C(/C)c2ccc3c(c2N)c2ccccc2n3-c2ccccc2)n(-c2ccccc2)c2cccc(-c3ccccc3)c12.c1ccccc1. The van der Waals surface area contributed by atoms with Gasteiger partial charge in [-0.2, -0.15) is 0 Å². The standard InChI is InChI=1S/C43H33N3.C6H6/c1-29(34-26-28-40-42(43(34)44)36-21-12-13-23-38(36)46(40)33-19-10-5-11-20-33)25-27-37-30(2)41-35(31-15-6-3-7-16-31)22-14-24-39(41)45(37)32-17-8-4-9-18-32;1-2-4-6-5-3-1/h3-28H,2,44H2,1H3;1-6H/b29-25+,37-27+;. The van der Waals surface area contributed by atoms with E-state index in [1.165, 1.54) is 11.1 Å². The Labute approximate surface area is 304 Å². The van der Waals surface area contributed by atoms with Crippen molar-refractivity contribution < 1.29 is 0 Å². The van der Waals surface area contributed by atoms with Crippen molar-refractivity contribution in [1.82, 2.24) is 9.13 Å². The van der Waals surface area contributed by atoms with E-state index >= 15 is 0 Å². The van der Waals surface area contributed by atoms with Gasteiger partial charge in [0.25, 0.3) is 0 Å². The number of benzene rings is 7. The van der Waals surface area contributed by atoms with Gasteiger partial charge in [0.2, 0.25) is 0 Å². The van der Waals surface area contributed by atoms with Crippen molar-refractivity contribution in [3.63, 3.8) is 0 Å². The molecule has 2 N–H and O–H groups in total. The summed E-state index contributed by atoms with van der Waals surface area (Å²) in [4.78, 5) is 0. The highest BCUT2D eigenvalue weighted by Gasteiger charge is 2.17. The Hall–Kier alpha value is -6.84. The molecular formula is C49H39N3. The van der Waals surface area contributed by atoms with Gasteiger partial charge in [-0.3, -0.25) is 0 Å². The molecule has 3 nitrogen and oxygen atoms in total. The maximum absolute atomic E-state index is 7.06. The van der Waals surface area contributed by atoms with Gasteiger partial charge < -0.3 is 14.9 Å². The molecule has 9 rings (SSSR count). The van der Waals surface area contributed by atoms with E-state index < -0.39 is 0 Å². The molecule has 0 atom stereocenters. The molecule has 0 saturated carbocycles. The second kappa shape index (κ2) is 14.2. The topological polar surface area (TPSA) is 35.9 Å². The first-order chi connectivity index (χ1) is 25.6. The molecule has 9 aromatic rings. The molecule has 0 amide bonds. The van der Waals surface area contributed by atoms with Gasteiger partial charge >= 0.3 is 0 Å². The zero-order valence-corrected chi connectivity index (χ0v) is 29.2. The van der Waals surface area contributed by atoms with Gasteiger partial charge in [-0.1, -0.05) is 152 Å². The minimum Gasteiger partial charge on any atom is -0.398 e. The summed E-state index contributed by atoms with van der Waals surface area (Å²) in [5.41, 5.74) is 17.9. The number of allylic oxidation sites excluding steroid dienone is 2. The van der Waals surface area contributed by atoms with Gasteiger partial charge in [-0.05, 0) is 72.2 Å². The summed E-state index contributed by atoms with van der Waals surface area (Å²) >= 11 is 0. The minimum atomic E-state index is 0.787. The number of anilines is 1. The lowest BCUT2D eigenvalue weighted by atomic mass is 10.00. The molecule has 0 spiro atoms. The summed E-state index contributed by atoms with van der Waals surface area (Å²) in [6, 6.07) is 62.9. The highest BCUT2D eigenvalue weighted by atomic mass is 15.0. The normalized spacial score (nSPS) is 11.9. The molecule has 0 saturated heterocycles. The van der Waals surface area contributed by atoms with Crippen molar-refractivity contribution in [2.75, 3.05) is 5.73 Å². The van der Waals surface area contributed by atoms with Gasteiger partial charge in [0.15, 0.2) is 0 Å². The van der Waals surface area contributed by atoms with E-state index in [0.29, 0.717) is 0 Å². The highest BCUT2D eigenvalue weighted by molar-refractivity contribution is 6.16. The van der Waals surface area contributed by atoms with Crippen LogP contribution in [0.1, 0.15) is 12.5 Å². The smallest absolute Gasteiger partial charge is 0.0562 e. The van der Waals surface area contributed by atoms with Crippen LogP contribution >= 0.6 is 0 Å². The van der Waals surface area contributed by atoms with Gasteiger partial charge in [0.05, 0.1) is 21.9 Å². The summed E-state index contributed by atoms with van der Waals surface area (Å²) in [6.07, 6.45) is 4.37. The first-order valence-corrected chi connectivity index (χ1v) is 17.6. The summed E-state index contributed by atoms with van der Waals surface area (Å²) in [5.74, 6) is 0. The number of rotatable bonds is 5. The number of hydrogen-bond donors (Lipinski definition) is 1. The van der Waals surface area contributed by atoms with Crippen LogP contribution in [0.3, 0.4) is 0 Å². The molecule has 2 heterocycles. The van der Waals surface area contributed by atoms with Crippen molar-refractivity contribution in [2.24, 2.45) is 0 Å². The van der Waals surface area contributed by atoms with Crippen molar-refractivity contribution in [2.45, 2.75) is 6.92 Å². The van der Waals surface area contributed by atoms with Crippen molar-refractivity contribution >= 4 is 56.6 Å². The van der Waals surface area contributed by atoms with Crippen molar-refractivity contribution in [1.29, 1.82) is 0 Å². The largest absolute Gasteiger partial charge is 0.398 e. The summed E-state index contributed by atoms with van der Waals surface area (Å²) in [6.45, 7) is 6.78. The van der Waals surface area contributed by atoms with Crippen LogP contribution in [0.5, 0.6) is 0 Å². The molecule has 7 aromatic carbocycles. The lowest BCUT2D eigenvalue weighted by molar-refractivity contribution is 1.07. The fraction of sp³-hybridized carbons (Fsp3) is 0.0204. The lowest BCUT2D eigenvalue weighted by Crippen LogP contribution is -2.27. The third-order valence-electron chi connectivity index (χ3n) is 9.71. The Bertz CT molecular complexity index is 2770. The molecule has 52 heavy (non-hydrogen) atoms. The molecule has 0 radical (unpaired) electrons. The molecule has 0 unspecified atom stereocenters. The van der Waals surface area contributed by atoms with Crippen LogP contribution in [0.15, 0.2) is 188 Å². The van der Waals surface area contributed by atoms with Gasteiger partial charge in [-0.25, -0.2) is 0 Å². The van der Waals surface area contributed by atoms with Gasteiger partial charge in [0, 0.05) is 44.0 Å². The van der Waals surface area contributed by atoms with E-state index in [2.05, 4.69) is 174 Å². The number of nitrogens with zero attached hydrogens (tertiary/aromatic N) is 2. The van der Waals surface area contributed by atoms with E-state index in [1.54, 1.807) is 0 Å². The zero-order chi connectivity index (χ0) is 35.4. The van der Waals surface area contributed by atoms with Crippen LogP contribution in [0.4, 0.5) is 5.69 Å². The van der Waals surface area contributed by atoms with Crippen LogP contribution in [0.2, 0.25) is 0 Å². The summed E-state index contributed by atoms with van der Waals surface area (Å²) in [7, 11) is 0. The quantitative estimate of drug-likeness (QED) is 0.182. The zero-order valence-electron chi connectivity index (χ0n) is 29.2. The van der Waals surface area contributed by atoms with Crippen LogP contribution in [0, 0.1) is 0 Å². The molecule has 0 aliphatic carbocycles. The van der Waals surface area contributed by atoms with Crippen molar-refractivity contribution in [3.05, 3.63) is 204 Å². The fourth-order valence-corrected chi connectivity index (χ4v) is 7.29. The minimum absolute atomic E-state index is 0.787. The first kappa shape index (κ1) is 32.4. The molecular weight excluding hydrogens is 631 g/mol. The maximum atomic E-state index is 7.06. The average Bonchev–Trinajstić information content (AvgIpc) is 3.71. The van der Waals surface area contributed by atoms with Gasteiger partial charge in [0.1, 0.15) is 0 Å². The Balaban J connectivity index is 0.000000588. The van der Waals surface area contributed by atoms with E-state index in [-0.39, 0.29) is 0 Å². The monoisotopic (exact) mass is 669 g/mol. The summed E-state index contributed by atoms with van der Waals surface area (Å²) < 4.78 is 4.61. The third-order valence-corrected chi connectivity index (χ3v) is 9.71. The van der Waals surface area contributed by atoms with E-state index in [0.717, 1.165) is 71.5 Å². The van der Waals surface area contributed by atoms with Crippen LogP contribution in [-0.4, -0.2) is 9.13 Å². The molecule has 0 aliphatic heterocycles. The fourth-order valence-electron chi connectivity index (χ4n) is 7.29. The molecule has 0 aliphatic rings. The van der Waals surface area contributed by atoms with E-state index in [9.17, 15) is 0 Å². The van der Waals surface area contributed by atoms with E-state index in [4.69, 9.17) is 5.73 Å². The van der Waals surface area contributed by atoms with Crippen molar-refractivity contribution in [3.8, 4) is 22.5 Å². The molecule has 0 bridgehead atoms. The molecule has 250 valence electrons. The number of aromatic nitrogens is 2. The number of hydrogen-bond acceptors (Lipinski definition) is 1. The summed E-state index contributed by atoms with van der Waals surface area (Å²) in [5, 5.41) is 5.43. The second-order valence-electron chi connectivity index (χ2n) is 12.9. The predicted octanol–water partition coefficient (Wildman–Crippen LogP) is 11.0. The van der Waals surface area contributed by atoms with Gasteiger partial charge in [-0.15, -0.1) is 0 Å². The predicted molar refractivity (Wildman–Crippen MR) is 223 cm³/mol. The van der Waals surface area contributed by atoms with Crippen LogP contribution < -0.4 is 16.3 Å². The van der Waals surface area contributed by atoms with Crippen LogP contribution in [0.25, 0.3) is 73.4 Å². The number of nitrogens with two attached hydrogens (primary N) is 1. The Morgan fingerprint density at radius 1 is 0.519 bits per heavy atom. The Kier molecular flexibility index (Phi) is 8.83.